The van der Waals surface area contributed by atoms with Crippen LogP contribution in [0.15, 0.2) is 60.7 Å². The van der Waals surface area contributed by atoms with Crippen molar-refractivity contribution in [1.82, 2.24) is 4.90 Å². The van der Waals surface area contributed by atoms with E-state index in [1.165, 1.54) is 0 Å². The van der Waals surface area contributed by atoms with Crippen LogP contribution in [0.5, 0.6) is 0 Å². The van der Waals surface area contributed by atoms with E-state index in [2.05, 4.69) is 0 Å². The van der Waals surface area contributed by atoms with Crippen LogP contribution in [-0.2, 0) is 11.3 Å². The quantitative estimate of drug-likeness (QED) is 0.619. The summed E-state index contributed by atoms with van der Waals surface area (Å²) in [5, 5.41) is -0.439. The highest BCUT2D eigenvalue weighted by Crippen LogP contribution is 2.39. The third-order valence-corrected chi connectivity index (χ3v) is 3.89. The number of amides is 1. The molecule has 0 aliphatic carbocycles. The lowest BCUT2D eigenvalue weighted by molar-refractivity contribution is -0.146. The largest absolute Gasteiger partial charge is 0.328 e. The third-order valence-electron chi connectivity index (χ3n) is 3.47. The fraction of sp³-hybridized carbons (Fsp3) is 0.188. The molecule has 1 amide bonds. The van der Waals surface area contributed by atoms with Crippen LogP contribution in [0.1, 0.15) is 17.2 Å². The van der Waals surface area contributed by atoms with Gasteiger partial charge in [0.25, 0.3) is 0 Å². The molecule has 1 heterocycles. The maximum atomic E-state index is 11.9. The minimum absolute atomic E-state index is 0.0133. The van der Waals surface area contributed by atoms with Gasteiger partial charge in [-0.3, -0.25) is 4.79 Å². The first-order valence-electron chi connectivity index (χ1n) is 6.31. The van der Waals surface area contributed by atoms with Gasteiger partial charge in [-0.05, 0) is 11.1 Å². The van der Waals surface area contributed by atoms with Gasteiger partial charge >= 0.3 is 0 Å². The summed E-state index contributed by atoms with van der Waals surface area (Å²) in [6.45, 7) is 0.614. The van der Waals surface area contributed by atoms with E-state index in [4.69, 9.17) is 11.6 Å². The zero-order valence-electron chi connectivity index (χ0n) is 10.4. The molecular formula is C16H14ClNO. The van der Waals surface area contributed by atoms with Crippen molar-refractivity contribution >= 4 is 17.5 Å². The van der Waals surface area contributed by atoms with Crippen LogP contribution < -0.4 is 0 Å². The lowest BCUT2D eigenvalue weighted by atomic mass is 9.92. The summed E-state index contributed by atoms with van der Waals surface area (Å²) >= 11 is 6.17. The number of carbonyl (C=O) groups is 1. The molecule has 0 radical (unpaired) electrons. The van der Waals surface area contributed by atoms with Crippen LogP contribution in [0.3, 0.4) is 0 Å². The van der Waals surface area contributed by atoms with E-state index in [1.807, 2.05) is 65.6 Å². The minimum atomic E-state index is -0.439. The zero-order valence-corrected chi connectivity index (χ0v) is 11.1. The molecule has 0 saturated carbocycles. The molecule has 1 aliphatic heterocycles. The number of benzene rings is 2. The Kier molecular flexibility index (Phi) is 3.26. The Morgan fingerprint density at radius 1 is 0.947 bits per heavy atom. The second-order valence-corrected chi connectivity index (χ2v) is 5.18. The molecule has 2 aromatic carbocycles. The number of nitrogens with zero attached hydrogens (tertiary/aromatic N) is 1. The van der Waals surface area contributed by atoms with Crippen molar-refractivity contribution in [3.63, 3.8) is 0 Å². The van der Waals surface area contributed by atoms with E-state index in [0.717, 1.165) is 11.1 Å². The molecule has 0 unspecified atom stereocenters. The average Bonchev–Trinajstić information content (AvgIpc) is 2.48. The van der Waals surface area contributed by atoms with Crippen LogP contribution in [0, 0.1) is 0 Å². The van der Waals surface area contributed by atoms with Crippen molar-refractivity contribution in [3.05, 3.63) is 71.8 Å². The Bertz CT molecular complexity index is 570. The Morgan fingerprint density at radius 3 is 2.16 bits per heavy atom. The highest BCUT2D eigenvalue weighted by molar-refractivity contribution is 6.33. The lowest BCUT2D eigenvalue weighted by Gasteiger charge is -2.44. The molecule has 1 aliphatic rings. The van der Waals surface area contributed by atoms with Crippen LogP contribution >= 0.6 is 11.6 Å². The fourth-order valence-corrected chi connectivity index (χ4v) is 2.87. The van der Waals surface area contributed by atoms with Gasteiger partial charge in [0.05, 0.1) is 6.04 Å². The van der Waals surface area contributed by atoms with Gasteiger partial charge in [0.2, 0.25) is 5.91 Å². The van der Waals surface area contributed by atoms with E-state index in [9.17, 15) is 4.79 Å². The second-order valence-electron chi connectivity index (χ2n) is 4.71. The zero-order chi connectivity index (χ0) is 13.2. The fourth-order valence-electron chi connectivity index (χ4n) is 2.46. The van der Waals surface area contributed by atoms with Crippen molar-refractivity contribution in [2.75, 3.05) is 0 Å². The molecule has 0 bridgehead atoms. The second kappa shape index (κ2) is 5.06. The van der Waals surface area contributed by atoms with Crippen molar-refractivity contribution in [1.29, 1.82) is 0 Å². The molecule has 2 atom stereocenters. The number of alkyl halides is 1. The van der Waals surface area contributed by atoms with Crippen molar-refractivity contribution in [2.45, 2.75) is 18.0 Å². The number of rotatable bonds is 3. The molecule has 19 heavy (non-hydrogen) atoms. The van der Waals surface area contributed by atoms with Gasteiger partial charge in [-0.15, -0.1) is 11.6 Å². The highest BCUT2D eigenvalue weighted by atomic mass is 35.5. The molecule has 2 nitrogen and oxygen atoms in total. The SMILES string of the molecule is O=C1[C@@H](Cl)[C@@H](c2ccccc2)N1Cc1ccccc1. The van der Waals surface area contributed by atoms with Gasteiger partial charge in [0.1, 0.15) is 5.38 Å². The summed E-state index contributed by atoms with van der Waals surface area (Å²) < 4.78 is 0. The molecule has 3 rings (SSSR count). The van der Waals surface area contributed by atoms with E-state index in [0.29, 0.717) is 6.54 Å². The minimum Gasteiger partial charge on any atom is -0.328 e. The highest BCUT2D eigenvalue weighted by Gasteiger charge is 2.46. The van der Waals surface area contributed by atoms with Crippen LogP contribution in [-0.4, -0.2) is 16.2 Å². The van der Waals surface area contributed by atoms with Gasteiger partial charge in [0.15, 0.2) is 0 Å². The summed E-state index contributed by atoms with van der Waals surface area (Å²) in [6, 6.07) is 19.9. The van der Waals surface area contributed by atoms with E-state index in [-0.39, 0.29) is 11.9 Å². The third kappa shape index (κ3) is 2.24. The number of likely N-dealkylation sites (tertiary alicyclic amines) is 1. The number of hydrogen-bond acceptors (Lipinski definition) is 1. The molecule has 1 saturated heterocycles. The van der Waals surface area contributed by atoms with Crippen molar-refractivity contribution < 1.29 is 4.79 Å². The monoisotopic (exact) mass is 271 g/mol. The molecular weight excluding hydrogens is 258 g/mol. The molecule has 0 aromatic heterocycles. The van der Waals surface area contributed by atoms with Gasteiger partial charge in [-0.2, -0.15) is 0 Å². The van der Waals surface area contributed by atoms with Gasteiger partial charge < -0.3 is 4.90 Å². The molecule has 3 heteroatoms. The Labute approximate surface area is 117 Å². The Balaban J connectivity index is 1.82. The van der Waals surface area contributed by atoms with Gasteiger partial charge in [-0.25, -0.2) is 0 Å². The van der Waals surface area contributed by atoms with Crippen LogP contribution in [0.25, 0.3) is 0 Å². The maximum absolute atomic E-state index is 11.9. The number of β-lactam (4-membered cyclic amide) rings is 1. The Morgan fingerprint density at radius 2 is 1.53 bits per heavy atom. The lowest BCUT2D eigenvalue weighted by Crippen LogP contribution is -2.55. The Hall–Kier alpha value is -1.80. The first-order valence-corrected chi connectivity index (χ1v) is 6.74. The molecule has 0 N–H and O–H groups in total. The van der Waals surface area contributed by atoms with E-state index < -0.39 is 5.38 Å². The topological polar surface area (TPSA) is 20.3 Å². The summed E-state index contributed by atoms with van der Waals surface area (Å²) in [4.78, 5) is 13.8. The van der Waals surface area contributed by atoms with Gasteiger partial charge in [-0.1, -0.05) is 60.7 Å². The number of carbonyl (C=O) groups excluding carboxylic acids is 1. The van der Waals surface area contributed by atoms with Gasteiger partial charge in [0, 0.05) is 6.54 Å². The number of halogens is 1. The molecule has 96 valence electrons. The predicted octanol–water partition coefficient (Wildman–Crippen LogP) is 3.38. The summed E-state index contributed by atoms with van der Waals surface area (Å²) in [7, 11) is 0. The molecule has 1 fully saturated rings. The average molecular weight is 272 g/mol. The standard InChI is InChI=1S/C16H14ClNO/c17-14-15(13-9-5-2-6-10-13)18(16(14)19)11-12-7-3-1-4-8-12/h1-10,14-15H,11H2/t14-,15+/m0/s1. The molecule has 2 aromatic rings. The first-order chi connectivity index (χ1) is 9.27. The smallest absolute Gasteiger partial charge is 0.244 e. The first kappa shape index (κ1) is 12.2. The maximum Gasteiger partial charge on any atom is 0.244 e. The summed E-state index contributed by atoms with van der Waals surface area (Å²) in [5.74, 6) is 0.0133. The molecule has 0 spiro atoms. The van der Waals surface area contributed by atoms with Crippen molar-refractivity contribution in [2.24, 2.45) is 0 Å². The summed E-state index contributed by atoms with van der Waals surface area (Å²) in [5.41, 5.74) is 2.22. The van der Waals surface area contributed by atoms with E-state index in [1.54, 1.807) is 0 Å². The number of hydrogen-bond donors (Lipinski definition) is 0. The predicted molar refractivity (Wildman–Crippen MR) is 75.8 cm³/mol. The van der Waals surface area contributed by atoms with Crippen LogP contribution in [0.2, 0.25) is 0 Å². The van der Waals surface area contributed by atoms with E-state index >= 15 is 0 Å². The van der Waals surface area contributed by atoms with Crippen molar-refractivity contribution in [3.8, 4) is 0 Å². The normalized spacial score (nSPS) is 22.2. The summed E-state index contributed by atoms with van der Waals surface area (Å²) in [6.07, 6.45) is 0. The van der Waals surface area contributed by atoms with Crippen LogP contribution in [0.4, 0.5) is 0 Å².